The molecule has 3 rings (SSSR count). The molecule has 1 fully saturated rings. The van der Waals surface area contributed by atoms with Crippen LogP contribution in [0.3, 0.4) is 0 Å². The number of nitrogens with zero attached hydrogens (tertiary/aromatic N) is 4. The monoisotopic (exact) mass is 341 g/mol. The van der Waals surface area contributed by atoms with E-state index in [4.69, 9.17) is 0 Å². The van der Waals surface area contributed by atoms with E-state index < -0.39 is 0 Å². The van der Waals surface area contributed by atoms with Gasteiger partial charge in [-0.1, -0.05) is 30.3 Å². The van der Waals surface area contributed by atoms with Gasteiger partial charge < -0.3 is 10.2 Å². The first-order chi connectivity index (χ1) is 12.2. The summed E-state index contributed by atoms with van der Waals surface area (Å²) in [6, 6.07) is 12.3. The fourth-order valence-electron chi connectivity index (χ4n) is 3.16. The minimum Gasteiger partial charge on any atom is -0.339 e. The van der Waals surface area contributed by atoms with Crippen molar-refractivity contribution in [1.82, 2.24) is 24.9 Å². The van der Waals surface area contributed by atoms with Crippen molar-refractivity contribution < 1.29 is 4.79 Å². The average Bonchev–Trinajstić information content (AvgIpc) is 3.16. The number of amides is 1. The van der Waals surface area contributed by atoms with Crippen LogP contribution in [0.2, 0.25) is 0 Å². The molecule has 1 atom stereocenters. The third-order valence-corrected chi connectivity index (χ3v) is 4.65. The first-order valence-electron chi connectivity index (χ1n) is 8.98. The predicted molar refractivity (Wildman–Crippen MR) is 98.0 cm³/mol. The molecule has 0 radical (unpaired) electrons. The van der Waals surface area contributed by atoms with Gasteiger partial charge in [0.25, 0.3) is 0 Å². The average molecular weight is 341 g/mol. The molecule has 1 saturated heterocycles. The third-order valence-electron chi connectivity index (χ3n) is 4.65. The molecule has 0 aliphatic carbocycles. The number of rotatable bonds is 7. The third kappa shape index (κ3) is 5.14. The van der Waals surface area contributed by atoms with Crippen molar-refractivity contribution in [3.05, 3.63) is 54.4 Å². The van der Waals surface area contributed by atoms with Crippen LogP contribution in [0, 0.1) is 0 Å². The molecule has 2 aromatic rings. The highest BCUT2D eigenvalue weighted by atomic mass is 16.2. The summed E-state index contributed by atoms with van der Waals surface area (Å²) in [4.78, 5) is 17.0. The Kier molecular flexibility index (Phi) is 6.19. The van der Waals surface area contributed by atoms with E-state index in [1.807, 2.05) is 34.8 Å². The van der Waals surface area contributed by atoms with Crippen molar-refractivity contribution in [2.45, 2.75) is 26.1 Å². The number of nitrogens with one attached hydrogen (secondary N) is 1. The van der Waals surface area contributed by atoms with Gasteiger partial charge in [0.05, 0.1) is 12.6 Å². The lowest BCUT2D eigenvalue weighted by Crippen LogP contribution is -2.53. The van der Waals surface area contributed by atoms with Crippen LogP contribution in [0.5, 0.6) is 0 Å². The normalized spacial score (nSPS) is 16.8. The molecule has 134 valence electrons. The van der Waals surface area contributed by atoms with Crippen LogP contribution in [0.4, 0.5) is 0 Å². The Labute approximate surface area is 149 Å². The van der Waals surface area contributed by atoms with Crippen LogP contribution in [-0.2, 0) is 17.9 Å². The number of piperazine rings is 1. The maximum atomic E-state index is 12.6. The SMILES string of the molecule is C[C@@H](NCCn1cccn1)C(=O)N1CCN(Cc2ccccc2)CC1. The summed E-state index contributed by atoms with van der Waals surface area (Å²) in [5.41, 5.74) is 1.33. The first kappa shape index (κ1) is 17.6. The Morgan fingerprint density at radius 1 is 1.16 bits per heavy atom. The van der Waals surface area contributed by atoms with E-state index in [1.54, 1.807) is 6.20 Å². The fourth-order valence-corrected chi connectivity index (χ4v) is 3.16. The number of benzene rings is 1. The van der Waals surface area contributed by atoms with Gasteiger partial charge in [0.1, 0.15) is 0 Å². The summed E-state index contributed by atoms with van der Waals surface area (Å²) in [6.45, 7) is 7.88. The van der Waals surface area contributed by atoms with Crippen LogP contribution in [0.15, 0.2) is 48.8 Å². The minimum absolute atomic E-state index is 0.156. The quantitative estimate of drug-likeness (QED) is 0.822. The summed E-state index contributed by atoms with van der Waals surface area (Å²) < 4.78 is 1.87. The van der Waals surface area contributed by atoms with Crippen LogP contribution in [-0.4, -0.2) is 64.3 Å². The molecule has 0 bridgehead atoms. The molecule has 1 aromatic carbocycles. The number of carbonyl (C=O) groups is 1. The Balaban J connectivity index is 1.38. The molecule has 2 heterocycles. The van der Waals surface area contributed by atoms with E-state index in [-0.39, 0.29) is 11.9 Å². The summed E-state index contributed by atoms with van der Waals surface area (Å²) in [5, 5.41) is 7.47. The van der Waals surface area contributed by atoms with Crippen molar-refractivity contribution in [3.63, 3.8) is 0 Å². The molecule has 0 saturated carbocycles. The van der Waals surface area contributed by atoms with E-state index >= 15 is 0 Å². The Hall–Kier alpha value is -2.18. The molecule has 0 spiro atoms. The molecule has 6 nitrogen and oxygen atoms in total. The topological polar surface area (TPSA) is 53.4 Å². The van der Waals surface area contributed by atoms with Crippen molar-refractivity contribution in [2.24, 2.45) is 0 Å². The van der Waals surface area contributed by atoms with Gasteiger partial charge in [-0.3, -0.25) is 14.4 Å². The summed E-state index contributed by atoms with van der Waals surface area (Å²) >= 11 is 0. The fraction of sp³-hybridized carbons (Fsp3) is 0.474. The Morgan fingerprint density at radius 3 is 2.60 bits per heavy atom. The van der Waals surface area contributed by atoms with E-state index in [0.29, 0.717) is 0 Å². The summed E-state index contributed by atoms with van der Waals surface area (Å²) in [5.74, 6) is 0.194. The maximum Gasteiger partial charge on any atom is 0.239 e. The van der Waals surface area contributed by atoms with Crippen molar-refractivity contribution >= 4 is 5.91 Å². The van der Waals surface area contributed by atoms with Crippen LogP contribution < -0.4 is 5.32 Å². The number of aromatic nitrogens is 2. The van der Waals surface area contributed by atoms with Gasteiger partial charge in [-0.05, 0) is 18.6 Å². The lowest BCUT2D eigenvalue weighted by atomic mass is 10.2. The molecule has 1 aliphatic rings. The first-order valence-corrected chi connectivity index (χ1v) is 8.98. The van der Waals surface area contributed by atoms with Crippen molar-refractivity contribution in [2.75, 3.05) is 32.7 Å². The largest absolute Gasteiger partial charge is 0.339 e. The zero-order valence-corrected chi connectivity index (χ0v) is 14.8. The molecular weight excluding hydrogens is 314 g/mol. The van der Waals surface area contributed by atoms with Gasteiger partial charge in [-0.2, -0.15) is 5.10 Å². The second-order valence-electron chi connectivity index (χ2n) is 6.53. The molecule has 1 aromatic heterocycles. The highest BCUT2D eigenvalue weighted by Gasteiger charge is 2.24. The highest BCUT2D eigenvalue weighted by molar-refractivity contribution is 5.81. The Bertz CT molecular complexity index is 635. The molecule has 6 heteroatoms. The van der Waals surface area contributed by atoms with E-state index in [0.717, 1.165) is 45.8 Å². The smallest absolute Gasteiger partial charge is 0.239 e. The molecule has 0 unspecified atom stereocenters. The second-order valence-corrected chi connectivity index (χ2v) is 6.53. The molecule has 1 amide bonds. The molecule has 1 aliphatic heterocycles. The van der Waals surface area contributed by atoms with Gasteiger partial charge in [0, 0.05) is 51.7 Å². The van der Waals surface area contributed by atoms with Gasteiger partial charge >= 0.3 is 0 Å². The summed E-state index contributed by atoms with van der Waals surface area (Å²) in [7, 11) is 0. The van der Waals surface area contributed by atoms with E-state index in [9.17, 15) is 4.79 Å². The van der Waals surface area contributed by atoms with E-state index in [2.05, 4.69) is 39.6 Å². The van der Waals surface area contributed by atoms with Gasteiger partial charge in [0.15, 0.2) is 0 Å². The lowest BCUT2D eigenvalue weighted by Gasteiger charge is -2.36. The van der Waals surface area contributed by atoms with Crippen molar-refractivity contribution in [1.29, 1.82) is 0 Å². The summed E-state index contributed by atoms with van der Waals surface area (Å²) in [6.07, 6.45) is 3.70. The maximum absolute atomic E-state index is 12.6. The van der Waals surface area contributed by atoms with Crippen LogP contribution in [0.1, 0.15) is 12.5 Å². The van der Waals surface area contributed by atoms with E-state index in [1.165, 1.54) is 5.56 Å². The van der Waals surface area contributed by atoms with Crippen LogP contribution >= 0.6 is 0 Å². The van der Waals surface area contributed by atoms with Gasteiger partial charge in [-0.25, -0.2) is 0 Å². The standard InChI is InChI=1S/C19H27N5O/c1-17(20-9-11-24-10-5-8-21-24)19(25)23-14-12-22(13-15-23)16-18-6-3-2-4-7-18/h2-8,10,17,20H,9,11-16H2,1H3/t17-/m1/s1. The van der Waals surface area contributed by atoms with Crippen molar-refractivity contribution in [3.8, 4) is 0 Å². The zero-order valence-electron chi connectivity index (χ0n) is 14.8. The zero-order chi connectivity index (χ0) is 17.5. The number of carbonyl (C=O) groups excluding carboxylic acids is 1. The molecule has 25 heavy (non-hydrogen) atoms. The number of hydrogen-bond acceptors (Lipinski definition) is 4. The lowest BCUT2D eigenvalue weighted by molar-refractivity contribution is -0.134. The second kappa shape index (κ2) is 8.78. The number of hydrogen-bond donors (Lipinski definition) is 1. The Morgan fingerprint density at radius 2 is 1.92 bits per heavy atom. The molecule has 1 N–H and O–H groups in total. The highest BCUT2D eigenvalue weighted by Crippen LogP contribution is 2.09. The molecular formula is C19H27N5O. The van der Waals surface area contributed by atoms with Gasteiger partial charge in [0.2, 0.25) is 5.91 Å². The minimum atomic E-state index is -0.156. The van der Waals surface area contributed by atoms with Gasteiger partial charge in [-0.15, -0.1) is 0 Å². The predicted octanol–water partition coefficient (Wildman–Crippen LogP) is 1.21. The van der Waals surface area contributed by atoms with Crippen LogP contribution in [0.25, 0.3) is 0 Å².